The predicted molar refractivity (Wildman–Crippen MR) is 144 cm³/mol. The Bertz CT molecular complexity index is 1550. The minimum atomic E-state index is -4.75. The Hall–Kier alpha value is -3.36. The number of aromatic nitrogens is 5. The standard InChI is InChI=1S/C24H20BrClF3N7O2S/c1-11(2)30-21(37)15-9-13(25)8-12(3)18(15)32-22(38)19-20(14-6-4-5-7-16(14)26)39-17(31-19)10-36-34-23(33-35-36)24(27,28)29/h4-9,11H,10H2,1-3H3,(H,30,37)(H,32,38). The molecule has 2 N–H and O–H groups in total. The highest BCUT2D eigenvalue weighted by molar-refractivity contribution is 9.10. The van der Waals surface area contributed by atoms with Crippen molar-refractivity contribution in [3.05, 3.63) is 73.5 Å². The lowest BCUT2D eigenvalue weighted by atomic mass is 10.1. The number of hydrogen-bond donors (Lipinski definition) is 2. The van der Waals surface area contributed by atoms with E-state index in [1.54, 1.807) is 43.3 Å². The van der Waals surface area contributed by atoms with Crippen molar-refractivity contribution in [2.24, 2.45) is 0 Å². The molecule has 0 radical (unpaired) electrons. The summed E-state index contributed by atoms with van der Waals surface area (Å²) in [5, 5.41) is 16.0. The molecule has 0 fully saturated rings. The van der Waals surface area contributed by atoms with E-state index in [1.165, 1.54) is 0 Å². The van der Waals surface area contributed by atoms with Gasteiger partial charge in [0.25, 0.3) is 17.6 Å². The number of hydrogen-bond acceptors (Lipinski definition) is 7. The number of aryl methyl sites for hydroxylation is 1. The lowest BCUT2D eigenvalue weighted by Crippen LogP contribution is -2.31. The Balaban J connectivity index is 1.74. The van der Waals surface area contributed by atoms with E-state index in [1.807, 2.05) is 13.8 Å². The van der Waals surface area contributed by atoms with Gasteiger partial charge in [0, 0.05) is 21.1 Å². The maximum atomic E-state index is 13.6. The molecule has 4 aromatic rings. The maximum Gasteiger partial charge on any atom is 0.455 e. The van der Waals surface area contributed by atoms with Crippen LogP contribution in [0.15, 0.2) is 40.9 Å². The number of thiazole rings is 1. The van der Waals surface area contributed by atoms with Crippen LogP contribution in [0.25, 0.3) is 10.4 Å². The quantitative estimate of drug-likeness (QED) is 0.257. The summed E-state index contributed by atoms with van der Waals surface area (Å²) in [5.41, 5.74) is 1.62. The van der Waals surface area contributed by atoms with Gasteiger partial charge in [0.2, 0.25) is 0 Å². The first kappa shape index (κ1) is 28.6. The van der Waals surface area contributed by atoms with Crippen LogP contribution in [0.2, 0.25) is 5.02 Å². The second-order valence-corrected chi connectivity index (χ2v) is 11.0. The molecule has 2 amide bonds. The molecule has 0 aliphatic rings. The van der Waals surface area contributed by atoms with Crippen LogP contribution in [-0.4, -0.2) is 43.0 Å². The third-order valence-electron chi connectivity index (χ3n) is 5.19. The van der Waals surface area contributed by atoms with Gasteiger partial charge in [0.15, 0.2) is 0 Å². The minimum Gasteiger partial charge on any atom is -0.350 e. The molecule has 0 spiro atoms. The van der Waals surface area contributed by atoms with Gasteiger partial charge >= 0.3 is 6.18 Å². The van der Waals surface area contributed by atoms with E-state index in [0.29, 0.717) is 25.5 Å². The summed E-state index contributed by atoms with van der Waals surface area (Å²) in [5.74, 6) is -2.41. The first-order valence-electron chi connectivity index (χ1n) is 11.4. The molecule has 15 heteroatoms. The van der Waals surface area contributed by atoms with Crippen molar-refractivity contribution in [1.29, 1.82) is 0 Å². The van der Waals surface area contributed by atoms with Crippen LogP contribution in [0.4, 0.5) is 18.9 Å². The second-order valence-electron chi connectivity index (χ2n) is 8.63. The molecule has 2 aromatic carbocycles. The number of tetrazole rings is 1. The van der Waals surface area contributed by atoms with Crippen LogP contribution in [0.1, 0.15) is 51.1 Å². The SMILES string of the molecule is Cc1cc(Br)cc(C(=O)NC(C)C)c1NC(=O)c1nc(Cn2nnc(C(F)(F)F)n2)sc1-c1ccccc1Cl. The highest BCUT2D eigenvalue weighted by atomic mass is 79.9. The molecule has 0 aliphatic carbocycles. The lowest BCUT2D eigenvalue weighted by Gasteiger charge is -2.16. The van der Waals surface area contributed by atoms with E-state index in [2.05, 4.69) is 47.0 Å². The van der Waals surface area contributed by atoms with Gasteiger partial charge in [-0.1, -0.05) is 45.7 Å². The van der Waals surface area contributed by atoms with Gasteiger partial charge in [0.1, 0.15) is 17.2 Å². The maximum absolute atomic E-state index is 13.6. The average Bonchev–Trinajstić information content (AvgIpc) is 3.48. The molecule has 0 aliphatic heterocycles. The Morgan fingerprint density at radius 1 is 1.18 bits per heavy atom. The first-order chi connectivity index (χ1) is 18.3. The van der Waals surface area contributed by atoms with E-state index in [9.17, 15) is 22.8 Å². The summed E-state index contributed by atoms with van der Waals surface area (Å²) in [7, 11) is 0. The van der Waals surface area contributed by atoms with Gasteiger partial charge in [-0.05, 0) is 49.7 Å². The average molecular weight is 643 g/mol. The highest BCUT2D eigenvalue weighted by Gasteiger charge is 2.37. The molecule has 204 valence electrons. The van der Waals surface area contributed by atoms with Crippen LogP contribution in [0.3, 0.4) is 0 Å². The van der Waals surface area contributed by atoms with E-state index in [4.69, 9.17) is 11.6 Å². The van der Waals surface area contributed by atoms with Crippen molar-refractivity contribution in [2.45, 2.75) is 39.5 Å². The van der Waals surface area contributed by atoms with Crippen LogP contribution in [0.5, 0.6) is 0 Å². The smallest absolute Gasteiger partial charge is 0.350 e. The fourth-order valence-electron chi connectivity index (χ4n) is 3.56. The summed E-state index contributed by atoms with van der Waals surface area (Å²) in [4.78, 5) is 32.0. The van der Waals surface area contributed by atoms with E-state index in [-0.39, 0.29) is 40.4 Å². The number of benzene rings is 2. The molecular formula is C24H20BrClF3N7O2S. The fourth-order valence-corrected chi connectivity index (χ4v) is 5.49. The largest absolute Gasteiger partial charge is 0.455 e. The number of carbonyl (C=O) groups excluding carboxylic acids is 2. The van der Waals surface area contributed by atoms with Crippen LogP contribution >= 0.6 is 38.9 Å². The predicted octanol–water partition coefficient (Wildman–Crippen LogP) is 5.98. The molecule has 0 saturated heterocycles. The normalized spacial score (nSPS) is 11.6. The molecule has 0 unspecified atom stereocenters. The zero-order chi connectivity index (χ0) is 28.5. The van der Waals surface area contributed by atoms with Gasteiger partial charge in [-0.25, -0.2) is 4.98 Å². The van der Waals surface area contributed by atoms with Gasteiger partial charge in [0.05, 0.1) is 16.1 Å². The Labute approximate surface area is 237 Å². The lowest BCUT2D eigenvalue weighted by molar-refractivity contribution is -0.145. The Kier molecular flexibility index (Phi) is 8.37. The van der Waals surface area contributed by atoms with Crippen molar-refractivity contribution in [3.8, 4) is 10.4 Å². The summed E-state index contributed by atoms with van der Waals surface area (Å²) >= 11 is 10.8. The number of halogens is 5. The molecule has 2 heterocycles. The fraction of sp³-hybridized carbons (Fsp3) is 0.250. The number of rotatable bonds is 7. The number of alkyl halides is 3. The summed E-state index contributed by atoms with van der Waals surface area (Å²) in [6, 6.07) is 9.98. The number of nitrogens with zero attached hydrogens (tertiary/aromatic N) is 5. The van der Waals surface area contributed by atoms with E-state index < -0.39 is 17.9 Å². The third kappa shape index (κ3) is 6.62. The van der Waals surface area contributed by atoms with Gasteiger partial charge in [-0.15, -0.1) is 21.5 Å². The number of amides is 2. The number of carbonyl (C=O) groups is 2. The summed E-state index contributed by atoms with van der Waals surface area (Å²) in [6.07, 6.45) is -4.75. The van der Waals surface area contributed by atoms with Gasteiger partial charge in [-0.2, -0.15) is 18.0 Å². The van der Waals surface area contributed by atoms with Crippen molar-refractivity contribution in [3.63, 3.8) is 0 Å². The molecular weight excluding hydrogens is 623 g/mol. The highest BCUT2D eigenvalue weighted by Crippen LogP contribution is 2.36. The molecule has 39 heavy (non-hydrogen) atoms. The molecule has 2 aromatic heterocycles. The monoisotopic (exact) mass is 641 g/mol. The Morgan fingerprint density at radius 2 is 1.90 bits per heavy atom. The Morgan fingerprint density at radius 3 is 2.54 bits per heavy atom. The number of anilines is 1. The molecule has 0 bridgehead atoms. The number of nitrogens with one attached hydrogen (secondary N) is 2. The van der Waals surface area contributed by atoms with Crippen molar-refractivity contribution in [1.82, 2.24) is 30.5 Å². The summed E-state index contributed by atoms with van der Waals surface area (Å²) < 4.78 is 39.4. The molecule has 9 nitrogen and oxygen atoms in total. The van der Waals surface area contributed by atoms with E-state index >= 15 is 0 Å². The van der Waals surface area contributed by atoms with Crippen LogP contribution < -0.4 is 10.6 Å². The third-order valence-corrected chi connectivity index (χ3v) is 7.05. The molecule has 0 saturated carbocycles. The van der Waals surface area contributed by atoms with E-state index in [0.717, 1.165) is 16.1 Å². The van der Waals surface area contributed by atoms with Crippen molar-refractivity contribution >= 4 is 56.4 Å². The topological polar surface area (TPSA) is 115 Å². The summed E-state index contributed by atoms with van der Waals surface area (Å²) in [6.45, 7) is 5.10. The van der Waals surface area contributed by atoms with Crippen molar-refractivity contribution < 1.29 is 22.8 Å². The van der Waals surface area contributed by atoms with Crippen LogP contribution in [0, 0.1) is 6.92 Å². The van der Waals surface area contributed by atoms with Crippen molar-refractivity contribution in [2.75, 3.05) is 5.32 Å². The first-order valence-corrected chi connectivity index (χ1v) is 13.3. The minimum absolute atomic E-state index is 0.0307. The van der Waals surface area contributed by atoms with Gasteiger partial charge in [-0.3, -0.25) is 9.59 Å². The zero-order valence-electron chi connectivity index (χ0n) is 20.6. The zero-order valence-corrected chi connectivity index (χ0v) is 23.8. The van der Waals surface area contributed by atoms with Gasteiger partial charge < -0.3 is 10.6 Å². The second kappa shape index (κ2) is 11.4. The molecule has 4 rings (SSSR count). The molecule has 0 atom stereocenters. The van der Waals surface area contributed by atoms with Crippen LogP contribution in [-0.2, 0) is 12.7 Å².